The fourth-order valence-corrected chi connectivity index (χ4v) is 3.13. The number of anilines is 2. The van der Waals surface area contributed by atoms with E-state index in [0.717, 1.165) is 31.2 Å². The summed E-state index contributed by atoms with van der Waals surface area (Å²) in [6, 6.07) is 12.9. The molecule has 0 aliphatic heterocycles. The average Bonchev–Trinajstić information content (AvgIpc) is 2.95. The zero-order valence-corrected chi connectivity index (χ0v) is 15.5. The molecule has 0 aliphatic rings. The minimum Gasteiger partial charge on any atom is -0.322 e. The molecule has 0 bridgehead atoms. The Labute approximate surface area is 151 Å². The number of amides is 1. The largest absolute Gasteiger partial charge is 0.322 e. The number of carbonyl (C=O) groups is 1. The molecule has 3 aromatic rings. The van der Waals surface area contributed by atoms with Crippen LogP contribution in [0.4, 0.5) is 10.8 Å². The summed E-state index contributed by atoms with van der Waals surface area (Å²) in [7, 11) is 0. The Morgan fingerprint density at radius 1 is 1.17 bits per heavy atom. The number of hydrogen-bond donors (Lipinski definition) is 2. The third-order valence-electron chi connectivity index (χ3n) is 3.13. The summed E-state index contributed by atoms with van der Waals surface area (Å²) >= 11 is 4.85. The number of benzene rings is 2. The summed E-state index contributed by atoms with van der Waals surface area (Å²) in [5, 5.41) is 7.78. The average molecular weight is 403 g/mol. The van der Waals surface area contributed by atoms with Gasteiger partial charge in [-0.25, -0.2) is 4.98 Å². The second-order valence-corrected chi connectivity index (χ2v) is 7.28. The van der Waals surface area contributed by atoms with Crippen molar-refractivity contribution in [2.24, 2.45) is 5.10 Å². The van der Waals surface area contributed by atoms with E-state index in [-0.39, 0.29) is 5.91 Å². The molecule has 2 N–H and O–H groups in total. The van der Waals surface area contributed by atoms with Gasteiger partial charge in [0, 0.05) is 21.4 Å². The van der Waals surface area contributed by atoms with Crippen LogP contribution in [0.1, 0.15) is 24.2 Å². The van der Waals surface area contributed by atoms with Crippen LogP contribution < -0.4 is 10.7 Å². The quantitative estimate of drug-likeness (QED) is 0.470. The Hall–Kier alpha value is -2.25. The van der Waals surface area contributed by atoms with Crippen molar-refractivity contribution in [2.75, 3.05) is 10.7 Å². The van der Waals surface area contributed by atoms with E-state index in [2.05, 4.69) is 36.8 Å². The van der Waals surface area contributed by atoms with Gasteiger partial charge in [0.15, 0.2) is 0 Å². The summed E-state index contributed by atoms with van der Waals surface area (Å²) in [4.78, 5) is 16.7. The maximum absolute atomic E-state index is 12.3. The molecule has 1 amide bonds. The van der Waals surface area contributed by atoms with Crippen LogP contribution in [0.2, 0.25) is 0 Å². The van der Waals surface area contributed by atoms with Crippen molar-refractivity contribution in [1.82, 2.24) is 4.98 Å². The van der Waals surface area contributed by atoms with Crippen LogP contribution in [0.5, 0.6) is 0 Å². The van der Waals surface area contributed by atoms with Crippen LogP contribution in [0.25, 0.3) is 10.2 Å². The molecule has 122 valence electrons. The van der Waals surface area contributed by atoms with Crippen molar-refractivity contribution in [3.05, 3.63) is 52.5 Å². The maximum atomic E-state index is 12.3. The Kier molecular flexibility index (Phi) is 4.92. The zero-order chi connectivity index (χ0) is 17.1. The van der Waals surface area contributed by atoms with Crippen molar-refractivity contribution < 1.29 is 4.79 Å². The molecule has 3 rings (SSSR count). The second-order valence-electron chi connectivity index (χ2n) is 5.33. The monoisotopic (exact) mass is 402 g/mol. The van der Waals surface area contributed by atoms with Gasteiger partial charge in [0.2, 0.25) is 5.13 Å². The van der Waals surface area contributed by atoms with Crippen molar-refractivity contribution in [2.45, 2.75) is 13.8 Å². The van der Waals surface area contributed by atoms with E-state index in [1.807, 2.05) is 44.2 Å². The lowest BCUT2D eigenvalue weighted by molar-refractivity contribution is 0.102. The molecule has 1 heterocycles. The first-order valence-electron chi connectivity index (χ1n) is 7.26. The van der Waals surface area contributed by atoms with E-state index in [1.54, 1.807) is 12.1 Å². The van der Waals surface area contributed by atoms with E-state index in [0.29, 0.717) is 5.56 Å². The van der Waals surface area contributed by atoms with Crippen molar-refractivity contribution in [1.29, 1.82) is 0 Å². The van der Waals surface area contributed by atoms with Gasteiger partial charge in [-0.2, -0.15) is 5.10 Å². The Morgan fingerprint density at radius 3 is 2.62 bits per heavy atom. The Morgan fingerprint density at radius 2 is 1.92 bits per heavy atom. The lowest BCUT2D eigenvalue weighted by Crippen LogP contribution is -2.11. The van der Waals surface area contributed by atoms with Crippen molar-refractivity contribution in [3.8, 4) is 0 Å². The van der Waals surface area contributed by atoms with Crippen molar-refractivity contribution in [3.63, 3.8) is 0 Å². The third kappa shape index (κ3) is 3.98. The smallest absolute Gasteiger partial charge is 0.255 e. The fraction of sp³-hybridized carbons (Fsp3) is 0.118. The third-order valence-corrected chi connectivity index (χ3v) is 4.58. The van der Waals surface area contributed by atoms with Gasteiger partial charge in [-0.05, 0) is 56.3 Å². The first-order valence-corrected chi connectivity index (χ1v) is 8.86. The number of hydrogen-bond acceptors (Lipinski definition) is 5. The minimum absolute atomic E-state index is 0.143. The number of carbonyl (C=O) groups excluding carboxylic acids is 1. The van der Waals surface area contributed by atoms with Crippen LogP contribution in [0, 0.1) is 0 Å². The van der Waals surface area contributed by atoms with Crippen LogP contribution >= 0.6 is 27.3 Å². The predicted octanol–water partition coefficient (Wildman–Crippen LogP) is 5.12. The molecule has 7 heteroatoms. The van der Waals surface area contributed by atoms with E-state index in [4.69, 9.17) is 0 Å². The number of hydrazone groups is 1. The summed E-state index contributed by atoms with van der Waals surface area (Å²) in [5.41, 5.74) is 6.07. The summed E-state index contributed by atoms with van der Waals surface area (Å²) in [6.07, 6.45) is 0. The van der Waals surface area contributed by atoms with Crippen LogP contribution in [0.3, 0.4) is 0 Å². The molecule has 0 saturated carbocycles. The maximum Gasteiger partial charge on any atom is 0.255 e. The number of fused-ring (bicyclic) bond motifs is 1. The molecule has 0 atom stereocenters. The Balaban J connectivity index is 1.78. The summed E-state index contributed by atoms with van der Waals surface area (Å²) < 4.78 is 1.92. The number of rotatable bonds is 4. The SMILES string of the molecule is CC(C)=NNc1nc2ccc(NC(=O)c3ccc(Br)cc3)cc2s1. The number of nitrogens with one attached hydrogen (secondary N) is 2. The van der Waals surface area contributed by atoms with Gasteiger partial charge in [0.25, 0.3) is 5.91 Å². The van der Waals surface area contributed by atoms with Gasteiger partial charge in [0.05, 0.1) is 10.2 Å². The standard InChI is InChI=1S/C17H15BrN4OS/c1-10(2)21-22-17-20-14-8-7-13(9-15(14)24-17)19-16(23)11-3-5-12(18)6-4-11/h3-9H,1-2H3,(H,19,23)(H,20,22). The summed E-state index contributed by atoms with van der Waals surface area (Å²) in [6.45, 7) is 3.83. The molecular formula is C17H15BrN4OS. The number of thiazole rings is 1. The first kappa shape index (κ1) is 16.6. The Bertz CT molecular complexity index is 914. The molecule has 1 aromatic heterocycles. The topological polar surface area (TPSA) is 66.4 Å². The number of aromatic nitrogens is 1. The van der Waals surface area contributed by atoms with Gasteiger partial charge in [0.1, 0.15) is 0 Å². The van der Waals surface area contributed by atoms with E-state index < -0.39 is 0 Å². The fourth-order valence-electron chi connectivity index (χ4n) is 2.01. The van der Waals surface area contributed by atoms with Gasteiger partial charge in [-0.1, -0.05) is 27.3 Å². The molecule has 24 heavy (non-hydrogen) atoms. The van der Waals surface area contributed by atoms with Gasteiger partial charge in [-0.3, -0.25) is 10.2 Å². The molecule has 0 aliphatic carbocycles. The molecule has 2 aromatic carbocycles. The van der Waals surface area contributed by atoms with Crippen LogP contribution in [-0.4, -0.2) is 16.6 Å². The van der Waals surface area contributed by atoms with E-state index >= 15 is 0 Å². The van der Waals surface area contributed by atoms with E-state index in [9.17, 15) is 4.79 Å². The van der Waals surface area contributed by atoms with Crippen LogP contribution in [0.15, 0.2) is 52.0 Å². The predicted molar refractivity (Wildman–Crippen MR) is 104 cm³/mol. The zero-order valence-electron chi connectivity index (χ0n) is 13.1. The number of nitrogens with zero attached hydrogens (tertiary/aromatic N) is 2. The lowest BCUT2D eigenvalue weighted by atomic mass is 10.2. The number of halogens is 1. The van der Waals surface area contributed by atoms with Gasteiger partial charge < -0.3 is 5.32 Å². The van der Waals surface area contributed by atoms with Crippen molar-refractivity contribution >= 4 is 59.9 Å². The first-order chi connectivity index (χ1) is 11.5. The molecule has 0 fully saturated rings. The molecule has 0 radical (unpaired) electrons. The highest BCUT2D eigenvalue weighted by molar-refractivity contribution is 9.10. The van der Waals surface area contributed by atoms with Crippen LogP contribution in [-0.2, 0) is 0 Å². The highest BCUT2D eigenvalue weighted by Crippen LogP contribution is 2.28. The molecule has 0 spiro atoms. The normalized spacial score (nSPS) is 10.5. The van der Waals surface area contributed by atoms with Gasteiger partial charge in [-0.15, -0.1) is 0 Å². The minimum atomic E-state index is -0.143. The molecular weight excluding hydrogens is 388 g/mol. The molecule has 0 saturated heterocycles. The molecule has 0 unspecified atom stereocenters. The van der Waals surface area contributed by atoms with Gasteiger partial charge >= 0.3 is 0 Å². The highest BCUT2D eigenvalue weighted by atomic mass is 79.9. The summed E-state index contributed by atoms with van der Waals surface area (Å²) in [5.74, 6) is -0.143. The highest BCUT2D eigenvalue weighted by Gasteiger charge is 2.08. The van der Waals surface area contributed by atoms with E-state index in [1.165, 1.54) is 11.3 Å². The lowest BCUT2D eigenvalue weighted by Gasteiger charge is -2.05. The second kappa shape index (κ2) is 7.11. The molecule has 5 nitrogen and oxygen atoms in total.